The SMILES string of the molecule is CC(=O)Nc1ccc(CC(C)N(C)c2c(C)ccc3c2C(=O)OC32c3ccc(O)cc3Oc3cc(O)ccc32)cc1. The molecular weight excluding hydrogens is 520 g/mol. The first-order chi connectivity index (χ1) is 19.6. The highest BCUT2D eigenvalue weighted by Gasteiger charge is 2.55. The summed E-state index contributed by atoms with van der Waals surface area (Å²) in [4.78, 5) is 27.3. The summed E-state index contributed by atoms with van der Waals surface area (Å²) in [6.45, 7) is 5.55. The fourth-order valence-corrected chi connectivity index (χ4v) is 5.96. The van der Waals surface area contributed by atoms with Crippen molar-refractivity contribution in [3.8, 4) is 23.0 Å². The third-order valence-electron chi connectivity index (χ3n) is 7.94. The maximum Gasteiger partial charge on any atom is 0.342 e. The Bertz CT molecular complexity index is 1660. The minimum Gasteiger partial charge on any atom is -0.508 e. The number of nitrogens with one attached hydrogen (secondary N) is 1. The average molecular weight is 551 g/mol. The third kappa shape index (κ3) is 4.23. The van der Waals surface area contributed by atoms with Crippen molar-refractivity contribution < 1.29 is 29.3 Å². The first-order valence-electron chi connectivity index (χ1n) is 13.4. The van der Waals surface area contributed by atoms with Gasteiger partial charge in [-0.15, -0.1) is 0 Å². The fourth-order valence-electron chi connectivity index (χ4n) is 5.96. The Kier molecular flexibility index (Phi) is 6.14. The van der Waals surface area contributed by atoms with Gasteiger partial charge in [0.2, 0.25) is 5.91 Å². The zero-order chi connectivity index (χ0) is 29.1. The molecular formula is C33H30N2O6. The first kappa shape index (κ1) is 26.3. The Morgan fingerprint density at radius 2 is 1.51 bits per heavy atom. The smallest absolute Gasteiger partial charge is 0.342 e. The molecule has 208 valence electrons. The summed E-state index contributed by atoms with van der Waals surface area (Å²) in [5.41, 5.74) is 4.54. The number of aryl methyl sites for hydroxylation is 1. The van der Waals surface area contributed by atoms with Gasteiger partial charge in [0.1, 0.15) is 23.0 Å². The molecule has 0 fully saturated rings. The Balaban J connectivity index is 1.44. The molecule has 6 rings (SSSR count). The first-order valence-corrected chi connectivity index (χ1v) is 13.4. The highest BCUT2D eigenvalue weighted by molar-refractivity contribution is 6.03. The number of ether oxygens (including phenoxy) is 2. The van der Waals surface area contributed by atoms with E-state index < -0.39 is 11.6 Å². The van der Waals surface area contributed by atoms with Gasteiger partial charge in [-0.1, -0.05) is 24.3 Å². The number of carbonyl (C=O) groups excluding carboxylic acids is 2. The van der Waals surface area contributed by atoms with E-state index >= 15 is 0 Å². The zero-order valence-electron chi connectivity index (χ0n) is 23.2. The number of esters is 1. The average Bonchev–Trinajstić information content (AvgIpc) is 3.21. The minimum absolute atomic E-state index is 0.00955. The molecule has 1 unspecified atom stereocenters. The molecule has 0 aromatic heterocycles. The number of benzene rings is 4. The van der Waals surface area contributed by atoms with Gasteiger partial charge in [-0.05, 0) is 67.8 Å². The van der Waals surface area contributed by atoms with Gasteiger partial charge in [-0.2, -0.15) is 0 Å². The fraction of sp³-hybridized carbons (Fsp3) is 0.212. The lowest BCUT2D eigenvalue weighted by molar-refractivity contribution is -0.114. The number of likely N-dealkylation sites (N-methyl/N-ethyl adjacent to an activating group) is 1. The summed E-state index contributed by atoms with van der Waals surface area (Å²) in [5, 5.41) is 23.2. The number of phenols is 2. The van der Waals surface area contributed by atoms with E-state index in [-0.39, 0.29) is 23.4 Å². The molecule has 8 heteroatoms. The van der Waals surface area contributed by atoms with E-state index in [1.54, 1.807) is 24.3 Å². The summed E-state index contributed by atoms with van der Waals surface area (Å²) in [7, 11) is 1.97. The van der Waals surface area contributed by atoms with Crippen LogP contribution < -0.4 is 15.0 Å². The van der Waals surface area contributed by atoms with Crippen LogP contribution in [0.2, 0.25) is 0 Å². The minimum atomic E-state index is -1.32. The molecule has 8 nitrogen and oxygen atoms in total. The second kappa shape index (κ2) is 9.59. The largest absolute Gasteiger partial charge is 0.508 e. The van der Waals surface area contributed by atoms with E-state index in [1.165, 1.54) is 19.1 Å². The molecule has 0 bridgehead atoms. The number of amides is 1. The maximum absolute atomic E-state index is 13.9. The molecule has 1 atom stereocenters. The van der Waals surface area contributed by atoms with Gasteiger partial charge < -0.3 is 29.9 Å². The number of aromatic hydroxyl groups is 2. The molecule has 2 aliphatic rings. The van der Waals surface area contributed by atoms with Crippen LogP contribution in [0.15, 0.2) is 72.8 Å². The van der Waals surface area contributed by atoms with Gasteiger partial charge in [-0.25, -0.2) is 4.79 Å². The molecule has 0 saturated heterocycles. The van der Waals surface area contributed by atoms with E-state index in [1.807, 2.05) is 50.4 Å². The molecule has 2 aliphatic heterocycles. The number of rotatable bonds is 5. The monoisotopic (exact) mass is 550 g/mol. The van der Waals surface area contributed by atoms with Crippen LogP contribution in [-0.4, -0.2) is 35.2 Å². The number of anilines is 2. The molecule has 41 heavy (non-hydrogen) atoms. The van der Waals surface area contributed by atoms with Gasteiger partial charge in [0.15, 0.2) is 5.60 Å². The lowest BCUT2D eigenvalue weighted by atomic mass is 9.77. The quantitative estimate of drug-likeness (QED) is 0.262. The second-order valence-corrected chi connectivity index (χ2v) is 10.7. The van der Waals surface area contributed by atoms with Crippen molar-refractivity contribution in [3.05, 3.63) is 106 Å². The van der Waals surface area contributed by atoms with E-state index in [4.69, 9.17) is 9.47 Å². The molecule has 1 spiro atoms. The van der Waals surface area contributed by atoms with Gasteiger partial charge in [0.25, 0.3) is 0 Å². The van der Waals surface area contributed by atoms with Crippen LogP contribution >= 0.6 is 0 Å². The van der Waals surface area contributed by atoms with Gasteiger partial charge in [0, 0.05) is 54.5 Å². The Labute approximate surface area is 237 Å². The van der Waals surface area contributed by atoms with Crippen LogP contribution in [-0.2, 0) is 21.6 Å². The van der Waals surface area contributed by atoms with Crippen LogP contribution in [0.25, 0.3) is 0 Å². The lowest BCUT2D eigenvalue weighted by Gasteiger charge is -2.36. The molecule has 1 amide bonds. The molecule has 0 saturated carbocycles. The Morgan fingerprint density at radius 1 is 0.927 bits per heavy atom. The summed E-state index contributed by atoms with van der Waals surface area (Å²) in [6, 6.07) is 21.1. The van der Waals surface area contributed by atoms with Crippen molar-refractivity contribution in [2.24, 2.45) is 0 Å². The summed E-state index contributed by atoms with van der Waals surface area (Å²) in [5.74, 6) is 0.126. The lowest BCUT2D eigenvalue weighted by Crippen LogP contribution is -2.33. The third-order valence-corrected chi connectivity index (χ3v) is 7.94. The Hall–Kier alpha value is -4.98. The number of hydrogen-bond acceptors (Lipinski definition) is 7. The van der Waals surface area contributed by atoms with Gasteiger partial charge in [-0.3, -0.25) is 4.79 Å². The number of carbonyl (C=O) groups is 2. The summed E-state index contributed by atoms with van der Waals surface area (Å²) < 4.78 is 12.4. The molecule has 4 aromatic carbocycles. The molecule has 2 heterocycles. The van der Waals surface area contributed by atoms with Crippen LogP contribution in [0, 0.1) is 6.92 Å². The number of hydrogen-bond donors (Lipinski definition) is 3. The molecule has 0 aliphatic carbocycles. The van der Waals surface area contributed by atoms with E-state index in [0.29, 0.717) is 40.2 Å². The van der Waals surface area contributed by atoms with Crippen LogP contribution in [0.5, 0.6) is 23.0 Å². The molecule has 3 N–H and O–H groups in total. The van der Waals surface area contributed by atoms with Crippen molar-refractivity contribution >= 4 is 23.3 Å². The van der Waals surface area contributed by atoms with Crippen molar-refractivity contribution in [2.75, 3.05) is 17.3 Å². The van der Waals surface area contributed by atoms with E-state index in [9.17, 15) is 19.8 Å². The van der Waals surface area contributed by atoms with Gasteiger partial charge in [0.05, 0.1) is 11.3 Å². The number of phenolic OH excluding ortho intramolecular Hbond substituents is 2. The number of fused-ring (bicyclic) bond motifs is 6. The standard InChI is InChI=1S/C33H30N2O6/c1-18-5-12-27-30(31(18)35(4)19(2)15-21-6-8-22(9-7-21)34-20(3)36)32(39)41-33(27)25-13-10-23(37)16-28(25)40-29-17-24(38)11-14-26(29)33/h5-14,16-17,19,37-38H,15H2,1-4H3,(H,34,36). The predicted octanol–water partition coefficient (Wildman–Crippen LogP) is 6.00. The van der Waals surface area contributed by atoms with Crippen molar-refractivity contribution in [3.63, 3.8) is 0 Å². The van der Waals surface area contributed by atoms with Gasteiger partial charge >= 0.3 is 5.97 Å². The van der Waals surface area contributed by atoms with Crippen molar-refractivity contribution in [1.29, 1.82) is 0 Å². The summed E-state index contributed by atoms with van der Waals surface area (Å²) in [6.07, 6.45) is 0.707. The van der Waals surface area contributed by atoms with Crippen molar-refractivity contribution in [1.82, 2.24) is 0 Å². The number of nitrogens with zero attached hydrogens (tertiary/aromatic N) is 1. The summed E-state index contributed by atoms with van der Waals surface area (Å²) >= 11 is 0. The van der Waals surface area contributed by atoms with Crippen LogP contribution in [0.3, 0.4) is 0 Å². The van der Waals surface area contributed by atoms with E-state index in [2.05, 4.69) is 17.1 Å². The molecule has 4 aromatic rings. The maximum atomic E-state index is 13.9. The normalized spacial score (nSPS) is 14.8. The van der Waals surface area contributed by atoms with E-state index in [0.717, 1.165) is 22.5 Å². The van der Waals surface area contributed by atoms with Crippen LogP contribution in [0.1, 0.15) is 52.0 Å². The highest BCUT2D eigenvalue weighted by Crippen LogP contribution is 2.58. The molecule has 0 radical (unpaired) electrons. The predicted molar refractivity (Wildman–Crippen MR) is 155 cm³/mol. The highest BCUT2D eigenvalue weighted by atomic mass is 16.6. The van der Waals surface area contributed by atoms with Crippen molar-refractivity contribution in [2.45, 2.75) is 38.8 Å². The second-order valence-electron chi connectivity index (χ2n) is 10.7. The zero-order valence-corrected chi connectivity index (χ0v) is 23.2. The van der Waals surface area contributed by atoms with Crippen LogP contribution in [0.4, 0.5) is 11.4 Å². The topological polar surface area (TPSA) is 108 Å². The Morgan fingerprint density at radius 3 is 2.10 bits per heavy atom.